The van der Waals surface area contributed by atoms with Crippen LogP contribution in [0.15, 0.2) is 30.6 Å². The molecule has 110 valence electrons. The number of hydrogen-bond donors (Lipinski definition) is 1. The van der Waals surface area contributed by atoms with E-state index in [-0.39, 0.29) is 11.9 Å². The normalized spacial score (nSPS) is 16.8. The molecule has 5 nitrogen and oxygen atoms in total. The Morgan fingerprint density at radius 2 is 2.33 bits per heavy atom. The van der Waals surface area contributed by atoms with E-state index in [0.29, 0.717) is 30.7 Å². The largest absolute Gasteiger partial charge is 0.490 e. The van der Waals surface area contributed by atoms with E-state index in [4.69, 9.17) is 9.47 Å². The maximum absolute atomic E-state index is 13.7. The fourth-order valence-electron chi connectivity index (χ4n) is 2.35. The molecular formula is C15H16FN3O2. The fourth-order valence-corrected chi connectivity index (χ4v) is 2.35. The second kappa shape index (κ2) is 5.95. The Kier molecular flexibility index (Phi) is 3.85. The Bertz CT molecular complexity index is 636. The van der Waals surface area contributed by atoms with Crippen molar-refractivity contribution in [1.29, 1.82) is 0 Å². The summed E-state index contributed by atoms with van der Waals surface area (Å²) in [6, 6.07) is 4.88. The number of benzene rings is 1. The van der Waals surface area contributed by atoms with Gasteiger partial charge in [-0.3, -0.25) is 4.98 Å². The van der Waals surface area contributed by atoms with E-state index in [1.807, 2.05) is 13.0 Å². The number of ether oxygens (including phenoxy) is 2. The minimum atomic E-state index is -0.340. The van der Waals surface area contributed by atoms with Gasteiger partial charge in [-0.25, -0.2) is 4.39 Å². The van der Waals surface area contributed by atoms with Gasteiger partial charge in [0, 0.05) is 12.0 Å². The molecule has 0 bridgehead atoms. The van der Waals surface area contributed by atoms with Crippen LogP contribution < -0.4 is 14.8 Å². The zero-order valence-electron chi connectivity index (χ0n) is 11.7. The summed E-state index contributed by atoms with van der Waals surface area (Å²) in [5.74, 6) is 1.04. The highest BCUT2D eigenvalue weighted by Gasteiger charge is 2.24. The van der Waals surface area contributed by atoms with Crippen molar-refractivity contribution in [3.05, 3.63) is 42.0 Å². The highest BCUT2D eigenvalue weighted by Crippen LogP contribution is 2.35. The lowest BCUT2D eigenvalue weighted by Gasteiger charge is -2.27. The Balaban J connectivity index is 1.83. The molecule has 0 amide bonds. The van der Waals surface area contributed by atoms with Gasteiger partial charge in [-0.15, -0.1) is 0 Å². The van der Waals surface area contributed by atoms with Gasteiger partial charge in [0.1, 0.15) is 5.82 Å². The third-order valence-corrected chi connectivity index (χ3v) is 3.25. The molecule has 6 heteroatoms. The van der Waals surface area contributed by atoms with E-state index in [9.17, 15) is 4.39 Å². The molecule has 2 aromatic rings. The van der Waals surface area contributed by atoms with Gasteiger partial charge >= 0.3 is 0 Å². The van der Waals surface area contributed by atoms with Crippen LogP contribution in [-0.4, -0.2) is 23.2 Å². The summed E-state index contributed by atoms with van der Waals surface area (Å²) in [6.07, 6.45) is 3.92. The highest BCUT2D eigenvalue weighted by molar-refractivity contribution is 5.45. The third-order valence-electron chi connectivity index (χ3n) is 3.25. The molecule has 21 heavy (non-hydrogen) atoms. The van der Waals surface area contributed by atoms with Crippen molar-refractivity contribution in [3.63, 3.8) is 0 Å². The zero-order chi connectivity index (χ0) is 14.7. The van der Waals surface area contributed by atoms with Crippen molar-refractivity contribution in [2.45, 2.75) is 19.4 Å². The number of nitrogens with zero attached hydrogens (tertiary/aromatic N) is 2. The SMILES string of the molecule is CCOc1cncc(N[C@H]2CCOc3c(F)cccc32)n1. The van der Waals surface area contributed by atoms with E-state index in [0.717, 1.165) is 12.0 Å². The van der Waals surface area contributed by atoms with Gasteiger partial charge in [0.25, 0.3) is 0 Å². The number of nitrogens with one attached hydrogen (secondary N) is 1. The molecule has 1 atom stereocenters. The quantitative estimate of drug-likeness (QED) is 0.937. The Morgan fingerprint density at radius 3 is 3.19 bits per heavy atom. The molecule has 1 aliphatic heterocycles. The maximum atomic E-state index is 13.7. The number of hydrogen-bond acceptors (Lipinski definition) is 5. The number of anilines is 1. The van der Waals surface area contributed by atoms with E-state index in [1.54, 1.807) is 18.5 Å². The molecule has 3 rings (SSSR count). The van der Waals surface area contributed by atoms with Crippen LogP contribution in [0, 0.1) is 5.82 Å². The van der Waals surface area contributed by atoms with Crippen LogP contribution in [-0.2, 0) is 0 Å². The molecule has 1 aliphatic rings. The average Bonchev–Trinajstić information content (AvgIpc) is 2.49. The molecule has 0 unspecified atom stereocenters. The number of aromatic nitrogens is 2. The number of para-hydroxylation sites is 1. The highest BCUT2D eigenvalue weighted by atomic mass is 19.1. The van der Waals surface area contributed by atoms with Gasteiger partial charge < -0.3 is 14.8 Å². The van der Waals surface area contributed by atoms with Crippen molar-refractivity contribution in [1.82, 2.24) is 9.97 Å². The Hall–Kier alpha value is -2.37. The first-order valence-electron chi connectivity index (χ1n) is 6.90. The standard InChI is InChI=1S/C15H16FN3O2/c1-2-20-14-9-17-8-13(19-14)18-12-6-7-21-15-10(12)4-3-5-11(15)16/h3-5,8-9,12H,2,6-7H2,1H3,(H,18,19)/t12-/m0/s1. The van der Waals surface area contributed by atoms with E-state index in [1.165, 1.54) is 6.07 Å². The molecular weight excluding hydrogens is 273 g/mol. The summed E-state index contributed by atoms with van der Waals surface area (Å²) in [4.78, 5) is 8.41. The van der Waals surface area contributed by atoms with Gasteiger partial charge in [0.05, 0.1) is 31.6 Å². The smallest absolute Gasteiger partial charge is 0.234 e. The molecule has 0 radical (unpaired) electrons. The first-order valence-corrected chi connectivity index (χ1v) is 6.90. The van der Waals surface area contributed by atoms with Crippen LogP contribution in [0.3, 0.4) is 0 Å². The molecule has 0 saturated heterocycles. The van der Waals surface area contributed by atoms with Gasteiger partial charge in [-0.1, -0.05) is 12.1 Å². The van der Waals surface area contributed by atoms with Crippen LogP contribution in [0.25, 0.3) is 0 Å². The fraction of sp³-hybridized carbons (Fsp3) is 0.333. The summed E-state index contributed by atoms with van der Waals surface area (Å²) in [5.41, 5.74) is 0.796. The van der Waals surface area contributed by atoms with Crippen molar-refractivity contribution < 1.29 is 13.9 Å². The topological polar surface area (TPSA) is 56.3 Å². The molecule has 0 fully saturated rings. The number of fused-ring (bicyclic) bond motifs is 1. The van der Waals surface area contributed by atoms with Gasteiger partial charge in [-0.05, 0) is 13.0 Å². The van der Waals surface area contributed by atoms with Crippen molar-refractivity contribution in [3.8, 4) is 11.6 Å². The van der Waals surface area contributed by atoms with Crippen LogP contribution >= 0.6 is 0 Å². The van der Waals surface area contributed by atoms with E-state index < -0.39 is 0 Å². The van der Waals surface area contributed by atoms with E-state index in [2.05, 4.69) is 15.3 Å². The maximum Gasteiger partial charge on any atom is 0.234 e. The Labute approximate surface area is 122 Å². The van der Waals surface area contributed by atoms with Crippen molar-refractivity contribution in [2.24, 2.45) is 0 Å². The lowest BCUT2D eigenvalue weighted by atomic mass is 10.0. The summed E-state index contributed by atoms with van der Waals surface area (Å²) < 4.78 is 24.5. The third kappa shape index (κ3) is 2.89. The van der Waals surface area contributed by atoms with Crippen molar-refractivity contribution in [2.75, 3.05) is 18.5 Å². The first-order chi connectivity index (χ1) is 10.3. The molecule has 1 aromatic heterocycles. The summed E-state index contributed by atoms with van der Waals surface area (Å²) in [7, 11) is 0. The van der Waals surface area contributed by atoms with Crippen LogP contribution in [0.2, 0.25) is 0 Å². The van der Waals surface area contributed by atoms with E-state index >= 15 is 0 Å². The first kappa shape index (κ1) is 13.6. The molecule has 0 spiro atoms. The number of halogens is 1. The predicted octanol–water partition coefficient (Wildman–Crippen LogP) is 2.95. The monoisotopic (exact) mass is 289 g/mol. The molecule has 0 aliphatic carbocycles. The summed E-state index contributed by atoms with van der Waals surface area (Å²) in [6.45, 7) is 2.88. The van der Waals surface area contributed by atoms with Crippen LogP contribution in [0.1, 0.15) is 24.9 Å². The second-order valence-corrected chi connectivity index (χ2v) is 4.67. The average molecular weight is 289 g/mol. The Morgan fingerprint density at radius 1 is 1.43 bits per heavy atom. The summed E-state index contributed by atoms with van der Waals surface area (Å²) in [5, 5.41) is 3.26. The molecule has 1 aromatic carbocycles. The predicted molar refractivity (Wildman–Crippen MR) is 76.1 cm³/mol. The molecule has 2 heterocycles. The lowest BCUT2D eigenvalue weighted by molar-refractivity contribution is 0.260. The molecule has 1 N–H and O–H groups in total. The minimum absolute atomic E-state index is 0.0596. The minimum Gasteiger partial charge on any atom is -0.490 e. The zero-order valence-corrected chi connectivity index (χ0v) is 11.7. The number of rotatable bonds is 4. The van der Waals surface area contributed by atoms with Crippen LogP contribution in [0.4, 0.5) is 10.2 Å². The summed E-state index contributed by atoms with van der Waals surface area (Å²) >= 11 is 0. The van der Waals surface area contributed by atoms with Gasteiger partial charge in [0.2, 0.25) is 5.88 Å². The van der Waals surface area contributed by atoms with Gasteiger partial charge in [-0.2, -0.15) is 4.98 Å². The second-order valence-electron chi connectivity index (χ2n) is 4.67. The van der Waals surface area contributed by atoms with Crippen molar-refractivity contribution >= 4 is 5.82 Å². The van der Waals surface area contributed by atoms with Gasteiger partial charge in [0.15, 0.2) is 11.6 Å². The molecule has 0 saturated carbocycles. The lowest BCUT2D eigenvalue weighted by Crippen LogP contribution is -2.21. The van der Waals surface area contributed by atoms with Crippen LogP contribution in [0.5, 0.6) is 11.6 Å².